The quantitative estimate of drug-likeness (QED) is 0.544. The number of halogens is 4. The van der Waals surface area contributed by atoms with E-state index in [4.69, 9.17) is 0 Å². The van der Waals surface area contributed by atoms with E-state index in [-0.39, 0.29) is 22.4 Å². The fraction of sp³-hybridized carbons (Fsp3) is 0.143. The number of ether oxygens (including phenoxy) is 1. The number of amides is 1. The van der Waals surface area contributed by atoms with E-state index in [1.165, 1.54) is 36.5 Å². The molecule has 0 saturated heterocycles. The van der Waals surface area contributed by atoms with Crippen LogP contribution >= 0.6 is 0 Å². The van der Waals surface area contributed by atoms with Gasteiger partial charge in [0.2, 0.25) is 0 Å². The molecule has 5 nitrogen and oxygen atoms in total. The lowest BCUT2D eigenvalue weighted by Gasteiger charge is -2.32. The van der Waals surface area contributed by atoms with Gasteiger partial charge in [0.25, 0.3) is 5.91 Å². The van der Waals surface area contributed by atoms with Crippen molar-refractivity contribution in [3.8, 4) is 5.75 Å². The van der Waals surface area contributed by atoms with Crippen molar-refractivity contribution in [2.24, 2.45) is 10.2 Å². The fourth-order valence-electron chi connectivity index (χ4n) is 3.43. The number of benzene rings is 2. The van der Waals surface area contributed by atoms with E-state index in [1.807, 2.05) is 0 Å². The Morgan fingerprint density at radius 2 is 1.70 bits per heavy atom. The Balaban J connectivity index is 2.02. The lowest BCUT2D eigenvalue weighted by Crippen LogP contribution is -2.33. The Morgan fingerprint density at radius 3 is 2.40 bits per heavy atom. The van der Waals surface area contributed by atoms with Gasteiger partial charge in [-0.05, 0) is 53.9 Å². The molecular formula is C21H13F4N3O2. The van der Waals surface area contributed by atoms with E-state index in [2.05, 4.69) is 19.9 Å². The molecule has 1 unspecified atom stereocenters. The lowest BCUT2D eigenvalue weighted by molar-refractivity contribution is -0.274. The molecule has 1 amide bonds. The van der Waals surface area contributed by atoms with Gasteiger partial charge in [0.1, 0.15) is 11.6 Å². The minimum absolute atomic E-state index is 0.136. The molecule has 2 heterocycles. The average Bonchev–Trinajstić information content (AvgIpc) is 2.68. The van der Waals surface area contributed by atoms with Crippen molar-refractivity contribution in [1.29, 1.82) is 0 Å². The standard InChI is InChI=1S/C21H13F4N3O2/c1-12-8-17-18(26-11-12)20(28-27-19(17)29,13-4-2-6-15(22)9-13)14-5-3-7-16(10-14)30-21(23,24)25/h2-11H,1H3. The Kier molecular flexibility index (Phi) is 4.60. The van der Waals surface area contributed by atoms with Crippen molar-refractivity contribution in [3.05, 3.63) is 94.6 Å². The predicted molar refractivity (Wildman–Crippen MR) is 97.6 cm³/mol. The first-order chi connectivity index (χ1) is 14.2. The molecule has 0 aliphatic carbocycles. The highest BCUT2D eigenvalue weighted by Gasteiger charge is 2.45. The van der Waals surface area contributed by atoms with Gasteiger partial charge in [0, 0.05) is 6.20 Å². The van der Waals surface area contributed by atoms with Crippen LogP contribution in [0.1, 0.15) is 32.7 Å². The van der Waals surface area contributed by atoms with Crippen LogP contribution in [0.4, 0.5) is 17.6 Å². The van der Waals surface area contributed by atoms with Crippen molar-refractivity contribution in [2.45, 2.75) is 18.8 Å². The summed E-state index contributed by atoms with van der Waals surface area (Å²) in [6.45, 7) is 1.73. The minimum atomic E-state index is -4.90. The molecule has 0 fully saturated rings. The van der Waals surface area contributed by atoms with Gasteiger partial charge in [0.15, 0.2) is 5.54 Å². The maximum atomic E-state index is 14.1. The number of hydrogen-bond donors (Lipinski definition) is 0. The molecule has 0 N–H and O–H groups in total. The van der Waals surface area contributed by atoms with Crippen LogP contribution in [0.25, 0.3) is 0 Å². The van der Waals surface area contributed by atoms with Gasteiger partial charge in [-0.15, -0.1) is 18.3 Å². The molecule has 1 aliphatic heterocycles. The number of nitrogens with zero attached hydrogens (tertiary/aromatic N) is 3. The maximum Gasteiger partial charge on any atom is 0.573 e. The lowest BCUT2D eigenvalue weighted by atomic mass is 9.77. The number of rotatable bonds is 3. The molecule has 3 aromatic rings. The van der Waals surface area contributed by atoms with E-state index < -0.39 is 29.4 Å². The normalized spacial score (nSPS) is 18.2. The largest absolute Gasteiger partial charge is 0.573 e. The molecule has 0 spiro atoms. The second-order valence-electron chi connectivity index (χ2n) is 6.71. The second-order valence-corrected chi connectivity index (χ2v) is 6.71. The highest BCUT2D eigenvalue weighted by Crippen LogP contribution is 2.45. The SMILES string of the molecule is Cc1cnc2c(c1)C(=O)N=NC2(c1cccc(F)c1)c1cccc(OC(F)(F)F)c1. The zero-order valence-electron chi connectivity index (χ0n) is 15.4. The monoisotopic (exact) mass is 415 g/mol. The number of alkyl halides is 3. The number of azo groups is 1. The van der Waals surface area contributed by atoms with Crippen LogP contribution in [0.2, 0.25) is 0 Å². The molecule has 152 valence electrons. The van der Waals surface area contributed by atoms with E-state index in [1.54, 1.807) is 19.1 Å². The summed E-state index contributed by atoms with van der Waals surface area (Å²) in [5, 5.41) is 7.85. The van der Waals surface area contributed by atoms with Crippen molar-refractivity contribution in [2.75, 3.05) is 0 Å². The van der Waals surface area contributed by atoms with Crippen LogP contribution in [-0.2, 0) is 5.54 Å². The first-order valence-corrected chi connectivity index (χ1v) is 8.76. The minimum Gasteiger partial charge on any atom is -0.406 e. The summed E-state index contributed by atoms with van der Waals surface area (Å²) in [4.78, 5) is 16.7. The summed E-state index contributed by atoms with van der Waals surface area (Å²) >= 11 is 0. The molecule has 0 saturated carbocycles. The molecule has 0 bridgehead atoms. The number of aromatic nitrogens is 1. The predicted octanol–water partition coefficient (Wildman–Crippen LogP) is 5.33. The Morgan fingerprint density at radius 1 is 1.00 bits per heavy atom. The van der Waals surface area contributed by atoms with Crippen LogP contribution in [0.15, 0.2) is 71.0 Å². The number of carbonyl (C=O) groups excluding carboxylic acids is 1. The highest BCUT2D eigenvalue weighted by atomic mass is 19.4. The Bertz CT molecular complexity index is 1180. The summed E-state index contributed by atoms with van der Waals surface area (Å²) < 4.78 is 56.4. The number of aryl methyl sites for hydroxylation is 1. The Labute approximate surface area is 168 Å². The van der Waals surface area contributed by atoms with Crippen LogP contribution in [0, 0.1) is 12.7 Å². The van der Waals surface area contributed by atoms with Gasteiger partial charge in [-0.1, -0.05) is 24.3 Å². The van der Waals surface area contributed by atoms with Crippen molar-refractivity contribution in [3.63, 3.8) is 0 Å². The topological polar surface area (TPSA) is 63.9 Å². The molecule has 4 rings (SSSR count). The molecule has 1 aliphatic rings. The third-order valence-electron chi connectivity index (χ3n) is 4.62. The van der Waals surface area contributed by atoms with Crippen LogP contribution in [-0.4, -0.2) is 17.3 Å². The summed E-state index contributed by atoms with van der Waals surface area (Å²) in [7, 11) is 0. The van der Waals surface area contributed by atoms with Crippen LogP contribution in [0.5, 0.6) is 5.75 Å². The van der Waals surface area contributed by atoms with Crippen molar-refractivity contribution >= 4 is 5.91 Å². The summed E-state index contributed by atoms with van der Waals surface area (Å²) in [6, 6.07) is 12.0. The van der Waals surface area contributed by atoms with Gasteiger partial charge < -0.3 is 4.74 Å². The van der Waals surface area contributed by atoms with Gasteiger partial charge in [0.05, 0.1) is 11.3 Å². The van der Waals surface area contributed by atoms with Gasteiger partial charge in [-0.3, -0.25) is 9.78 Å². The zero-order valence-corrected chi connectivity index (χ0v) is 15.4. The van der Waals surface area contributed by atoms with Gasteiger partial charge in [-0.25, -0.2) is 4.39 Å². The van der Waals surface area contributed by atoms with E-state index >= 15 is 0 Å². The summed E-state index contributed by atoms with van der Waals surface area (Å²) in [5.74, 6) is -1.72. The molecule has 0 radical (unpaired) electrons. The van der Waals surface area contributed by atoms with E-state index in [9.17, 15) is 22.4 Å². The second kappa shape index (κ2) is 7.01. The van der Waals surface area contributed by atoms with E-state index in [0.717, 1.165) is 12.1 Å². The highest BCUT2D eigenvalue weighted by molar-refractivity contribution is 5.97. The number of pyridine rings is 1. The molecular weight excluding hydrogens is 402 g/mol. The fourth-order valence-corrected chi connectivity index (χ4v) is 3.43. The third kappa shape index (κ3) is 3.42. The van der Waals surface area contributed by atoms with Crippen LogP contribution in [0.3, 0.4) is 0 Å². The number of carbonyl (C=O) groups is 1. The number of fused-ring (bicyclic) bond motifs is 1. The summed E-state index contributed by atoms with van der Waals surface area (Å²) in [6.07, 6.45) is -3.40. The van der Waals surface area contributed by atoms with Crippen molar-refractivity contribution in [1.82, 2.24) is 4.98 Å². The van der Waals surface area contributed by atoms with Gasteiger partial charge in [-0.2, -0.15) is 5.11 Å². The first kappa shape index (κ1) is 19.7. The van der Waals surface area contributed by atoms with Crippen molar-refractivity contribution < 1.29 is 27.1 Å². The maximum absolute atomic E-state index is 14.1. The third-order valence-corrected chi connectivity index (χ3v) is 4.62. The average molecular weight is 415 g/mol. The molecule has 30 heavy (non-hydrogen) atoms. The Hall–Kier alpha value is -3.62. The molecule has 1 aromatic heterocycles. The van der Waals surface area contributed by atoms with E-state index in [0.29, 0.717) is 5.56 Å². The van der Waals surface area contributed by atoms with Crippen LogP contribution < -0.4 is 4.74 Å². The zero-order chi connectivity index (χ0) is 21.5. The number of hydrogen-bond acceptors (Lipinski definition) is 4. The molecule has 2 aromatic carbocycles. The first-order valence-electron chi connectivity index (χ1n) is 8.76. The molecule has 1 atom stereocenters. The smallest absolute Gasteiger partial charge is 0.406 e. The van der Waals surface area contributed by atoms with Gasteiger partial charge >= 0.3 is 6.36 Å². The molecule has 9 heteroatoms. The summed E-state index contributed by atoms with van der Waals surface area (Å²) in [5.41, 5.74) is -0.241.